The van der Waals surface area contributed by atoms with Gasteiger partial charge in [-0.15, -0.1) is 0 Å². The van der Waals surface area contributed by atoms with Crippen LogP contribution < -0.4 is 10.1 Å². The molecule has 0 saturated heterocycles. The Morgan fingerprint density at radius 1 is 1.22 bits per heavy atom. The normalized spacial score (nSPS) is 10.4. The number of anilines is 1. The van der Waals surface area contributed by atoms with Gasteiger partial charge in [-0.3, -0.25) is 14.9 Å². The molecule has 1 amide bonds. The van der Waals surface area contributed by atoms with Crippen LogP contribution in [-0.2, 0) is 6.61 Å². The van der Waals surface area contributed by atoms with E-state index in [4.69, 9.17) is 9.15 Å². The quantitative estimate of drug-likeness (QED) is 0.336. The molecule has 0 bridgehead atoms. The minimum absolute atomic E-state index is 0.0216. The maximum absolute atomic E-state index is 12.3. The first-order chi connectivity index (χ1) is 12.9. The number of carbonyl (C=O) groups excluding carboxylic acids is 1. The predicted molar refractivity (Wildman–Crippen MR) is 99.9 cm³/mol. The minimum atomic E-state index is -0.655. The zero-order valence-electron chi connectivity index (χ0n) is 13.7. The fraction of sp³-hybridized carbons (Fsp3) is 0.0556. The molecule has 0 saturated carbocycles. The molecule has 0 fully saturated rings. The van der Waals surface area contributed by atoms with Gasteiger partial charge in [-0.25, -0.2) is 0 Å². The molecule has 0 radical (unpaired) electrons. The number of nitro benzene ring substituents is 1. The van der Waals surface area contributed by atoms with Crippen LogP contribution in [0.15, 0.2) is 63.5 Å². The van der Waals surface area contributed by atoms with Gasteiger partial charge in [0, 0.05) is 12.1 Å². The Hall–Kier alpha value is -3.33. The summed E-state index contributed by atoms with van der Waals surface area (Å²) in [6.07, 6.45) is 0. The summed E-state index contributed by atoms with van der Waals surface area (Å²) in [5.41, 5.74) is -0.346. The van der Waals surface area contributed by atoms with Crippen molar-refractivity contribution in [3.63, 3.8) is 0 Å². The number of nitrogens with one attached hydrogen (secondary N) is 1. The van der Waals surface area contributed by atoms with Crippen LogP contribution in [0.2, 0.25) is 0 Å². The predicted octanol–water partition coefficient (Wildman–Crippen LogP) is 4.49. The van der Waals surface area contributed by atoms with E-state index in [1.165, 1.54) is 6.07 Å². The van der Waals surface area contributed by atoms with Gasteiger partial charge in [-0.05, 0) is 46.3 Å². The Kier molecular flexibility index (Phi) is 5.41. The van der Waals surface area contributed by atoms with Gasteiger partial charge in [0.2, 0.25) is 0 Å². The van der Waals surface area contributed by atoms with Crippen LogP contribution in [0.25, 0.3) is 0 Å². The number of amides is 1. The molecule has 1 heterocycles. The molecule has 0 aliphatic carbocycles. The highest BCUT2D eigenvalue weighted by molar-refractivity contribution is 9.10. The third kappa shape index (κ3) is 4.45. The second-order valence-corrected chi connectivity index (χ2v) is 6.25. The van der Waals surface area contributed by atoms with Gasteiger partial charge < -0.3 is 19.6 Å². The fourth-order valence-electron chi connectivity index (χ4n) is 2.21. The van der Waals surface area contributed by atoms with E-state index in [1.807, 2.05) is 18.2 Å². The van der Waals surface area contributed by atoms with E-state index in [9.17, 15) is 20.0 Å². The zero-order valence-corrected chi connectivity index (χ0v) is 15.3. The SMILES string of the molecule is O=C(Nc1cc([N+](=O)[O-])ccc1O)c1ccc(COc2ccccc2Br)o1. The largest absolute Gasteiger partial charge is 0.506 e. The molecule has 2 aromatic carbocycles. The Bertz CT molecular complexity index is 1000. The van der Waals surface area contributed by atoms with Crippen molar-refractivity contribution in [2.24, 2.45) is 0 Å². The van der Waals surface area contributed by atoms with Gasteiger partial charge in [0.15, 0.2) is 5.76 Å². The summed E-state index contributed by atoms with van der Waals surface area (Å²) < 4.78 is 11.8. The lowest BCUT2D eigenvalue weighted by Crippen LogP contribution is -2.11. The number of nitrogens with zero attached hydrogens (tertiary/aromatic N) is 1. The van der Waals surface area contributed by atoms with Crippen molar-refractivity contribution in [2.75, 3.05) is 5.32 Å². The minimum Gasteiger partial charge on any atom is -0.506 e. The highest BCUT2D eigenvalue weighted by Gasteiger charge is 2.16. The lowest BCUT2D eigenvalue weighted by atomic mass is 10.2. The number of ether oxygens (including phenoxy) is 1. The van der Waals surface area contributed by atoms with Crippen molar-refractivity contribution in [3.8, 4) is 11.5 Å². The molecule has 27 heavy (non-hydrogen) atoms. The van der Waals surface area contributed by atoms with Crippen molar-refractivity contribution in [2.45, 2.75) is 6.61 Å². The van der Waals surface area contributed by atoms with Crippen molar-refractivity contribution in [1.29, 1.82) is 0 Å². The molecule has 138 valence electrons. The van der Waals surface area contributed by atoms with Gasteiger partial charge in [0.1, 0.15) is 23.9 Å². The van der Waals surface area contributed by atoms with Gasteiger partial charge in [0.05, 0.1) is 15.1 Å². The molecule has 0 atom stereocenters. The van der Waals surface area contributed by atoms with Crippen molar-refractivity contribution < 1.29 is 24.0 Å². The number of phenolic OH excluding ortho intramolecular Hbond substituents is 1. The van der Waals surface area contributed by atoms with Crippen LogP contribution in [0.1, 0.15) is 16.3 Å². The standard InChI is InChI=1S/C18H13BrN2O6/c19-13-3-1-2-4-16(13)26-10-12-6-8-17(27-12)18(23)20-14-9-11(21(24)25)5-7-15(14)22/h1-9,22H,10H2,(H,20,23). The Labute approximate surface area is 161 Å². The number of rotatable bonds is 6. The van der Waals surface area contributed by atoms with Crippen LogP contribution in [0.5, 0.6) is 11.5 Å². The first kappa shape index (κ1) is 18.5. The third-order valence-corrected chi connectivity index (χ3v) is 4.19. The number of para-hydroxylation sites is 1. The summed E-state index contributed by atoms with van der Waals surface area (Å²) in [6.45, 7) is 0.109. The Morgan fingerprint density at radius 3 is 2.74 bits per heavy atom. The molecule has 0 aliphatic heterocycles. The molecule has 1 aromatic heterocycles. The third-order valence-electron chi connectivity index (χ3n) is 3.53. The second kappa shape index (κ2) is 7.92. The zero-order chi connectivity index (χ0) is 19.4. The second-order valence-electron chi connectivity index (χ2n) is 5.40. The number of non-ortho nitro benzene ring substituents is 1. The van der Waals surface area contributed by atoms with Crippen molar-refractivity contribution in [3.05, 3.63) is 80.7 Å². The molecule has 3 aromatic rings. The van der Waals surface area contributed by atoms with E-state index in [-0.39, 0.29) is 29.5 Å². The average Bonchev–Trinajstić information content (AvgIpc) is 3.12. The summed E-state index contributed by atoms with van der Waals surface area (Å²) in [6, 6.07) is 13.7. The average molecular weight is 433 g/mol. The molecule has 8 nitrogen and oxygen atoms in total. The Balaban J connectivity index is 1.67. The Morgan fingerprint density at radius 2 is 2.00 bits per heavy atom. The lowest BCUT2D eigenvalue weighted by molar-refractivity contribution is -0.384. The molecule has 3 rings (SSSR count). The first-order valence-corrected chi connectivity index (χ1v) is 8.48. The number of halogens is 1. The van der Waals surface area contributed by atoms with Gasteiger partial charge >= 0.3 is 0 Å². The van der Waals surface area contributed by atoms with E-state index in [0.717, 1.165) is 22.7 Å². The number of phenols is 1. The molecule has 0 aliphatic rings. The maximum Gasteiger partial charge on any atom is 0.291 e. The van der Waals surface area contributed by atoms with Gasteiger partial charge in [-0.1, -0.05) is 12.1 Å². The number of furan rings is 1. The summed E-state index contributed by atoms with van der Waals surface area (Å²) in [5.74, 6) is 0.0724. The van der Waals surface area contributed by atoms with Gasteiger partial charge in [-0.2, -0.15) is 0 Å². The molecule has 2 N–H and O–H groups in total. The van der Waals surface area contributed by atoms with Crippen LogP contribution in [-0.4, -0.2) is 15.9 Å². The number of benzene rings is 2. The van der Waals surface area contributed by atoms with Gasteiger partial charge in [0.25, 0.3) is 11.6 Å². The molecule has 9 heteroatoms. The smallest absolute Gasteiger partial charge is 0.291 e. The van der Waals surface area contributed by atoms with E-state index in [2.05, 4.69) is 21.2 Å². The summed E-state index contributed by atoms with van der Waals surface area (Å²) in [7, 11) is 0. The summed E-state index contributed by atoms with van der Waals surface area (Å²) >= 11 is 3.37. The number of hydrogen-bond donors (Lipinski definition) is 2. The van der Waals surface area contributed by atoms with E-state index in [0.29, 0.717) is 11.5 Å². The van der Waals surface area contributed by atoms with Crippen LogP contribution >= 0.6 is 15.9 Å². The molecular weight excluding hydrogens is 420 g/mol. The molecule has 0 unspecified atom stereocenters. The topological polar surface area (TPSA) is 115 Å². The van der Waals surface area contributed by atoms with Crippen molar-refractivity contribution in [1.82, 2.24) is 0 Å². The lowest BCUT2D eigenvalue weighted by Gasteiger charge is -2.06. The van der Waals surface area contributed by atoms with Crippen molar-refractivity contribution >= 4 is 33.2 Å². The van der Waals surface area contributed by atoms with E-state index in [1.54, 1.807) is 12.1 Å². The van der Waals surface area contributed by atoms with E-state index >= 15 is 0 Å². The molecular formula is C18H13BrN2O6. The summed E-state index contributed by atoms with van der Waals surface area (Å²) in [5, 5.41) is 23.0. The first-order valence-electron chi connectivity index (χ1n) is 7.69. The number of carbonyl (C=O) groups is 1. The molecule has 0 spiro atoms. The number of aromatic hydroxyl groups is 1. The van der Waals surface area contributed by atoms with Crippen LogP contribution in [0.4, 0.5) is 11.4 Å². The van der Waals surface area contributed by atoms with E-state index < -0.39 is 10.8 Å². The highest BCUT2D eigenvalue weighted by atomic mass is 79.9. The maximum atomic E-state index is 12.3. The number of hydrogen-bond acceptors (Lipinski definition) is 6. The highest BCUT2D eigenvalue weighted by Crippen LogP contribution is 2.29. The number of nitro groups is 1. The fourth-order valence-corrected chi connectivity index (χ4v) is 2.61. The monoisotopic (exact) mass is 432 g/mol. The van der Waals surface area contributed by atoms with Crippen LogP contribution in [0, 0.1) is 10.1 Å². The van der Waals surface area contributed by atoms with Crippen LogP contribution in [0.3, 0.4) is 0 Å². The summed E-state index contributed by atoms with van der Waals surface area (Å²) in [4.78, 5) is 22.4.